The van der Waals surface area contributed by atoms with Crippen LogP contribution in [0.1, 0.15) is 5.69 Å². The summed E-state index contributed by atoms with van der Waals surface area (Å²) < 4.78 is 5.70. The van der Waals surface area contributed by atoms with Gasteiger partial charge in [0.2, 0.25) is 5.88 Å². The van der Waals surface area contributed by atoms with Gasteiger partial charge in [0.15, 0.2) is 5.82 Å². The van der Waals surface area contributed by atoms with Gasteiger partial charge < -0.3 is 4.74 Å². The molecule has 0 amide bonds. The zero-order valence-electron chi connectivity index (χ0n) is 11.0. The number of pyridine rings is 1. The summed E-state index contributed by atoms with van der Waals surface area (Å²) >= 11 is 0. The number of benzene rings is 1. The van der Waals surface area contributed by atoms with Crippen LogP contribution in [0.3, 0.4) is 0 Å². The van der Waals surface area contributed by atoms with Crippen molar-refractivity contribution in [2.45, 2.75) is 6.92 Å². The summed E-state index contributed by atoms with van der Waals surface area (Å²) in [5, 5.41) is 0. The summed E-state index contributed by atoms with van der Waals surface area (Å²) in [5.41, 5.74) is 1.60. The van der Waals surface area contributed by atoms with Gasteiger partial charge in [-0.25, -0.2) is 15.0 Å². The van der Waals surface area contributed by atoms with Crippen molar-refractivity contribution in [2.24, 2.45) is 0 Å². The number of para-hydroxylation sites is 1. The molecule has 4 heteroatoms. The maximum Gasteiger partial charge on any atom is 0.219 e. The molecule has 0 fully saturated rings. The summed E-state index contributed by atoms with van der Waals surface area (Å²) in [7, 11) is 0. The van der Waals surface area contributed by atoms with Crippen molar-refractivity contribution in [2.75, 3.05) is 0 Å². The third-order valence-electron chi connectivity index (χ3n) is 2.71. The number of aryl methyl sites for hydroxylation is 1. The number of rotatable bonds is 3. The smallest absolute Gasteiger partial charge is 0.219 e. The Morgan fingerprint density at radius 3 is 2.50 bits per heavy atom. The van der Waals surface area contributed by atoms with Gasteiger partial charge in [-0.05, 0) is 31.2 Å². The molecule has 98 valence electrons. The fourth-order valence-corrected chi connectivity index (χ4v) is 1.78. The van der Waals surface area contributed by atoms with Crippen LogP contribution in [0.2, 0.25) is 0 Å². The molecule has 0 N–H and O–H groups in total. The highest BCUT2D eigenvalue weighted by atomic mass is 16.5. The van der Waals surface area contributed by atoms with E-state index in [4.69, 9.17) is 4.74 Å². The van der Waals surface area contributed by atoms with Crippen LogP contribution < -0.4 is 4.74 Å². The molecule has 3 aromatic rings. The minimum absolute atomic E-state index is 0.527. The van der Waals surface area contributed by atoms with Gasteiger partial charge in [0.1, 0.15) is 11.4 Å². The molecule has 0 aliphatic heterocycles. The van der Waals surface area contributed by atoms with Crippen LogP contribution >= 0.6 is 0 Å². The Morgan fingerprint density at radius 2 is 1.70 bits per heavy atom. The fraction of sp³-hybridized carbons (Fsp3) is 0.0625. The van der Waals surface area contributed by atoms with Gasteiger partial charge in [-0.2, -0.15) is 0 Å². The lowest BCUT2D eigenvalue weighted by atomic mass is 10.3. The Bertz CT molecular complexity index is 714. The third kappa shape index (κ3) is 2.80. The summed E-state index contributed by atoms with van der Waals surface area (Å²) in [6.07, 6.45) is 1.73. The monoisotopic (exact) mass is 263 g/mol. The molecule has 3 rings (SSSR count). The second-order valence-electron chi connectivity index (χ2n) is 4.30. The van der Waals surface area contributed by atoms with Crippen molar-refractivity contribution in [3.63, 3.8) is 0 Å². The van der Waals surface area contributed by atoms with Crippen molar-refractivity contribution in [3.8, 4) is 23.1 Å². The number of ether oxygens (including phenoxy) is 1. The van der Waals surface area contributed by atoms with Gasteiger partial charge in [-0.3, -0.25) is 0 Å². The van der Waals surface area contributed by atoms with E-state index in [-0.39, 0.29) is 0 Å². The number of hydrogen-bond acceptors (Lipinski definition) is 4. The summed E-state index contributed by atoms with van der Waals surface area (Å²) in [5.74, 6) is 1.88. The Kier molecular flexibility index (Phi) is 3.37. The summed E-state index contributed by atoms with van der Waals surface area (Å²) in [6, 6.07) is 17.0. The van der Waals surface area contributed by atoms with E-state index >= 15 is 0 Å². The van der Waals surface area contributed by atoms with E-state index in [1.165, 1.54) is 0 Å². The van der Waals surface area contributed by atoms with Crippen LogP contribution in [0.5, 0.6) is 11.6 Å². The van der Waals surface area contributed by atoms with Crippen LogP contribution in [0.25, 0.3) is 11.5 Å². The lowest BCUT2D eigenvalue weighted by molar-refractivity contribution is 0.463. The molecule has 0 radical (unpaired) electrons. The van der Waals surface area contributed by atoms with E-state index in [1.807, 2.05) is 61.5 Å². The molecule has 1 aromatic carbocycles. The standard InChI is InChI=1S/C16H13N3O/c1-12-10-11-17-16(18-12)14-8-5-9-15(19-14)20-13-6-3-2-4-7-13/h2-11H,1H3. The average Bonchev–Trinajstić information content (AvgIpc) is 2.49. The maximum atomic E-state index is 5.70. The zero-order valence-corrected chi connectivity index (χ0v) is 11.0. The van der Waals surface area contributed by atoms with Gasteiger partial charge in [0.25, 0.3) is 0 Å². The normalized spacial score (nSPS) is 10.2. The van der Waals surface area contributed by atoms with Crippen molar-refractivity contribution in [1.82, 2.24) is 15.0 Å². The first-order chi connectivity index (χ1) is 9.81. The van der Waals surface area contributed by atoms with E-state index in [1.54, 1.807) is 6.20 Å². The van der Waals surface area contributed by atoms with Gasteiger partial charge in [0.05, 0.1) is 0 Å². The molecule has 4 nitrogen and oxygen atoms in total. The molecule has 2 heterocycles. The van der Waals surface area contributed by atoms with Gasteiger partial charge in [-0.1, -0.05) is 24.3 Å². The second-order valence-corrected chi connectivity index (χ2v) is 4.30. The van der Waals surface area contributed by atoms with Crippen molar-refractivity contribution in [3.05, 3.63) is 66.5 Å². The van der Waals surface area contributed by atoms with Gasteiger partial charge >= 0.3 is 0 Å². The van der Waals surface area contributed by atoms with Crippen LogP contribution in [0.15, 0.2) is 60.8 Å². The van der Waals surface area contributed by atoms with E-state index in [2.05, 4.69) is 15.0 Å². The van der Waals surface area contributed by atoms with E-state index in [0.29, 0.717) is 17.4 Å². The van der Waals surface area contributed by atoms with Gasteiger partial charge in [-0.15, -0.1) is 0 Å². The van der Waals surface area contributed by atoms with Crippen molar-refractivity contribution in [1.29, 1.82) is 0 Å². The highest BCUT2D eigenvalue weighted by molar-refractivity contribution is 5.50. The first-order valence-corrected chi connectivity index (χ1v) is 6.31. The molecule has 0 saturated heterocycles. The van der Waals surface area contributed by atoms with Crippen LogP contribution in [0, 0.1) is 6.92 Å². The van der Waals surface area contributed by atoms with Crippen molar-refractivity contribution < 1.29 is 4.74 Å². The minimum atomic E-state index is 0.527. The SMILES string of the molecule is Cc1ccnc(-c2cccc(Oc3ccccc3)n2)n1. The average molecular weight is 263 g/mol. The van der Waals surface area contributed by atoms with Crippen LogP contribution in [-0.2, 0) is 0 Å². The number of hydrogen-bond donors (Lipinski definition) is 0. The predicted molar refractivity (Wildman–Crippen MR) is 76.5 cm³/mol. The van der Waals surface area contributed by atoms with E-state index in [0.717, 1.165) is 11.4 Å². The first-order valence-electron chi connectivity index (χ1n) is 6.31. The lowest BCUT2D eigenvalue weighted by Gasteiger charge is -2.06. The van der Waals surface area contributed by atoms with E-state index in [9.17, 15) is 0 Å². The molecule has 2 aromatic heterocycles. The molecule has 20 heavy (non-hydrogen) atoms. The number of aromatic nitrogens is 3. The number of nitrogens with zero attached hydrogens (tertiary/aromatic N) is 3. The molecule has 0 unspecified atom stereocenters. The molecule has 0 atom stereocenters. The summed E-state index contributed by atoms with van der Waals surface area (Å²) in [4.78, 5) is 13.0. The minimum Gasteiger partial charge on any atom is -0.439 e. The molecular formula is C16H13N3O. The second kappa shape index (κ2) is 5.48. The molecule has 0 bridgehead atoms. The lowest BCUT2D eigenvalue weighted by Crippen LogP contribution is -1.95. The Morgan fingerprint density at radius 1 is 0.850 bits per heavy atom. The molecular weight excluding hydrogens is 250 g/mol. The highest BCUT2D eigenvalue weighted by Gasteiger charge is 2.05. The largest absolute Gasteiger partial charge is 0.439 e. The quantitative estimate of drug-likeness (QED) is 0.723. The zero-order chi connectivity index (χ0) is 13.8. The Labute approximate surface area is 117 Å². The topological polar surface area (TPSA) is 47.9 Å². The summed E-state index contributed by atoms with van der Waals surface area (Å²) in [6.45, 7) is 1.93. The third-order valence-corrected chi connectivity index (χ3v) is 2.71. The van der Waals surface area contributed by atoms with Gasteiger partial charge in [0, 0.05) is 18.0 Å². The fourth-order valence-electron chi connectivity index (χ4n) is 1.78. The molecule has 0 saturated carbocycles. The molecule has 0 spiro atoms. The van der Waals surface area contributed by atoms with E-state index < -0.39 is 0 Å². The van der Waals surface area contributed by atoms with Crippen LogP contribution in [-0.4, -0.2) is 15.0 Å². The van der Waals surface area contributed by atoms with Crippen LogP contribution in [0.4, 0.5) is 0 Å². The Hall–Kier alpha value is -2.75. The Balaban J connectivity index is 1.90. The molecule has 0 aliphatic carbocycles. The first kappa shape index (κ1) is 12.3. The molecule has 0 aliphatic rings. The van der Waals surface area contributed by atoms with Crippen molar-refractivity contribution >= 4 is 0 Å². The maximum absolute atomic E-state index is 5.70. The predicted octanol–water partition coefficient (Wildman–Crippen LogP) is 3.64. The highest BCUT2D eigenvalue weighted by Crippen LogP contribution is 2.21.